The van der Waals surface area contributed by atoms with Crippen molar-refractivity contribution in [2.24, 2.45) is 0 Å². The minimum Gasteiger partial charge on any atom is -0.0651 e. The highest BCUT2D eigenvalue weighted by Gasteiger charge is 2.03. The predicted octanol–water partition coefficient (Wildman–Crippen LogP) is 6.75. The summed E-state index contributed by atoms with van der Waals surface area (Å²) in [7, 11) is 0. The third-order valence-electron chi connectivity index (χ3n) is 2.69. The van der Waals surface area contributed by atoms with Crippen LogP contribution in [-0.4, -0.2) is 0 Å². The average molecular weight is 466 g/mol. The average Bonchev–Trinajstić information content (AvgIpc) is 2.39. The summed E-state index contributed by atoms with van der Waals surface area (Å²) in [4.78, 5) is 0. The van der Waals surface area contributed by atoms with Gasteiger partial charge in [-0.1, -0.05) is 57.0 Å². The molecule has 0 radical (unpaired) electrons. The lowest BCUT2D eigenvalue weighted by atomic mass is 10.1. The highest BCUT2D eigenvalue weighted by Crippen LogP contribution is 2.29. The summed E-state index contributed by atoms with van der Waals surface area (Å²) in [5, 5.41) is 0. The van der Waals surface area contributed by atoms with Crippen LogP contribution in [0.1, 0.15) is 45.1 Å². The molecule has 0 saturated carbocycles. The number of allylic oxidation sites excluding steroid dienone is 3. The fraction of sp³-hybridized carbons (Fsp3) is 0.375. The summed E-state index contributed by atoms with van der Waals surface area (Å²) < 4.78 is 2.85. The molecule has 0 bridgehead atoms. The Bertz CT molecular complexity index is 416. The van der Waals surface area contributed by atoms with Crippen molar-refractivity contribution >= 4 is 48.8 Å². The van der Waals surface area contributed by atoms with Crippen molar-refractivity contribution in [1.29, 1.82) is 0 Å². The third kappa shape index (κ3) is 5.43. The first-order valence-electron chi connectivity index (χ1n) is 6.49. The van der Waals surface area contributed by atoms with Crippen molar-refractivity contribution in [3.05, 3.63) is 51.1 Å². The van der Waals surface area contributed by atoms with Crippen LogP contribution in [0.15, 0.2) is 45.6 Å². The van der Waals surface area contributed by atoms with Crippen LogP contribution in [-0.2, 0) is 0 Å². The smallest absolute Gasteiger partial charge is 0.0205 e. The van der Waals surface area contributed by atoms with E-state index >= 15 is 0 Å². The van der Waals surface area contributed by atoms with Gasteiger partial charge >= 0.3 is 0 Å². The quantitative estimate of drug-likeness (QED) is 0.322. The summed E-state index contributed by atoms with van der Waals surface area (Å²) in [6.07, 6.45) is 7.17. The Hall–Kier alpha value is 0.160. The van der Waals surface area contributed by atoms with Crippen molar-refractivity contribution in [3.8, 4) is 0 Å². The number of rotatable bonds is 6. The van der Waals surface area contributed by atoms with E-state index in [0.717, 1.165) is 0 Å². The monoisotopic (exact) mass is 466 g/mol. The Labute approximate surface area is 138 Å². The maximum absolute atomic E-state index is 2.51. The zero-order chi connectivity index (χ0) is 13.4. The molecule has 1 rings (SSSR count). The maximum Gasteiger partial charge on any atom is 0.0205 e. The molecule has 1 aromatic carbocycles. The summed E-state index contributed by atoms with van der Waals surface area (Å²) in [5.74, 6) is 0. The molecule has 0 spiro atoms. The van der Waals surface area contributed by atoms with Crippen LogP contribution in [0.25, 0.3) is 3.58 Å². The topological polar surface area (TPSA) is 0 Å². The van der Waals surface area contributed by atoms with Gasteiger partial charge < -0.3 is 0 Å². The van der Waals surface area contributed by atoms with E-state index in [0.29, 0.717) is 0 Å². The summed E-state index contributed by atoms with van der Waals surface area (Å²) in [6, 6.07) is 10.6. The van der Waals surface area contributed by atoms with Gasteiger partial charge in [-0.05, 0) is 78.8 Å². The second-order valence-electron chi connectivity index (χ2n) is 4.29. The molecule has 2 heteroatoms. The van der Waals surface area contributed by atoms with Crippen LogP contribution in [0, 0.1) is 0 Å². The molecule has 0 saturated heterocycles. The summed E-state index contributed by atoms with van der Waals surface area (Å²) >= 11 is 4.96. The lowest BCUT2D eigenvalue weighted by Crippen LogP contribution is -1.85. The number of halogens is 2. The van der Waals surface area contributed by atoms with Gasteiger partial charge in [-0.25, -0.2) is 0 Å². The largest absolute Gasteiger partial charge is 0.0651 e. The fourth-order valence-electron chi connectivity index (χ4n) is 1.77. The molecule has 0 amide bonds. The van der Waals surface area contributed by atoms with Gasteiger partial charge in [0, 0.05) is 3.58 Å². The molecule has 0 fully saturated rings. The normalized spacial score (nSPS) is 13.4. The van der Waals surface area contributed by atoms with Crippen LogP contribution in [0.4, 0.5) is 0 Å². The van der Waals surface area contributed by atoms with Crippen LogP contribution < -0.4 is 0 Å². The molecule has 0 aliphatic rings. The van der Waals surface area contributed by atoms with E-state index in [2.05, 4.69) is 95.4 Å². The Morgan fingerprint density at radius 1 is 1.00 bits per heavy atom. The van der Waals surface area contributed by atoms with Gasteiger partial charge in [0.05, 0.1) is 0 Å². The number of hydrogen-bond acceptors (Lipinski definition) is 0. The van der Waals surface area contributed by atoms with Crippen molar-refractivity contribution in [1.82, 2.24) is 0 Å². The van der Waals surface area contributed by atoms with E-state index in [1.165, 1.54) is 44.0 Å². The molecule has 0 unspecified atom stereocenters. The zero-order valence-corrected chi connectivity index (χ0v) is 15.4. The number of hydrogen-bond donors (Lipinski definition) is 0. The Morgan fingerprint density at radius 2 is 1.61 bits per heavy atom. The van der Waals surface area contributed by atoms with Gasteiger partial charge in [-0.15, -0.1) is 0 Å². The lowest BCUT2D eigenvalue weighted by Gasteiger charge is -2.07. The van der Waals surface area contributed by atoms with E-state index in [1.807, 2.05) is 0 Å². The Kier molecular flexibility index (Phi) is 8.22. The van der Waals surface area contributed by atoms with Crippen LogP contribution in [0.5, 0.6) is 0 Å². The first-order chi connectivity index (χ1) is 8.69. The molecule has 0 N–H and O–H groups in total. The molecular weight excluding hydrogens is 446 g/mol. The molecule has 0 aliphatic heterocycles. The first kappa shape index (κ1) is 16.2. The van der Waals surface area contributed by atoms with Crippen molar-refractivity contribution in [3.63, 3.8) is 0 Å². The molecule has 98 valence electrons. The molecule has 0 aliphatic carbocycles. The third-order valence-corrected chi connectivity index (χ3v) is 4.85. The second-order valence-corrected chi connectivity index (χ2v) is 6.75. The van der Waals surface area contributed by atoms with E-state index in [9.17, 15) is 0 Å². The van der Waals surface area contributed by atoms with E-state index in [-0.39, 0.29) is 0 Å². The molecule has 0 atom stereocenters. The Morgan fingerprint density at radius 3 is 2.17 bits per heavy atom. The molecule has 1 aromatic rings. The molecule has 0 aromatic heterocycles. The number of benzene rings is 1. The molecule has 0 nitrogen and oxygen atoms in total. The predicted molar refractivity (Wildman–Crippen MR) is 99.3 cm³/mol. The van der Waals surface area contributed by atoms with Crippen molar-refractivity contribution in [2.45, 2.75) is 39.5 Å². The van der Waals surface area contributed by atoms with Gasteiger partial charge in [-0.2, -0.15) is 0 Å². The van der Waals surface area contributed by atoms with Gasteiger partial charge in [0.1, 0.15) is 0 Å². The van der Waals surface area contributed by atoms with Crippen LogP contribution in [0.3, 0.4) is 0 Å². The van der Waals surface area contributed by atoms with E-state index in [1.54, 1.807) is 0 Å². The molecular formula is C16H20I2. The van der Waals surface area contributed by atoms with Gasteiger partial charge in [-0.3, -0.25) is 0 Å². The molecule has 18 heavy (non-hydrogen) atoms. The summed E-state index contributed by atoms with van der Waals surface area (Å²) in [5.41, 5.74) is 2.82. The maximum atomic E-state index is 2.51. The first-order valence-corrected chi connectivity index (χ1v) is 8.64. The minimum atomic E-state index is 1.18. The Balaban J connectivity index is 2.98. The minimum absolute atomic E-state index is 1.18. The highest BCUT2D eigenvalue weighted by molar-refractivity contribution is 14.1. The highest BCUT2D eigenvalue weighted by atomic mass is 127. The van der Waals surface area contributed by atoms with Crippen LogP contribution in [0.2, 0.25) is 0 Å². The van der Waals surface area contributed by atoms with Crippen molar-refractivity contribution < 1.29 is 0 Å². The van der Waals surface area contributed by atoms with E-state index < -0.39 is 0 Å². The standard InChI is InChI=1S/C16H20I2/c1-3-8-14(15(17)9-4-2)12-16(18)13-10-6-5-7-11-13/h5-7,10-12H,3-4,8-9H2,1-2H3. The van der Waals surface area contributed by atoms with Gasteiger partial charge in [0.15, 0.2) is 0 Å². The van der Waals surface area contributed by atoms with Gasteiger partial charge in [0.25, 0.3) is 0 Å². The second kappa shape index (κ2) is 9.13. The van der Waals surface area contributed by atoms with E-state index in [4.69, 9.17) is 0 Å². The lowest BCUT2D eigenvalue weighted by molar-refractivity contribution is 0.891. The van der Waals surface area contributed by atoms with Crippen LogP contribution >= 0.6 is 45.2 Å². The summed E-state index contributed by atoms with van der Waals surface area (Å²) in [6.45, 7) is 4.49. The fourth-order valence-corrected chi connectivity index (χ4v) is 3.47. The van der Waals surface area contributed by atoms with Crippen molar-refractivity contribution in [2.75, 3.05) is 0 Å². The SMILES string of the molecule is CCCC(I)=C(C=C(I)c1ccccc1)CCC. The molecule has 0 heterocycles. The zero-order valence-electron chi connectivity index (χ0n) is 11.0. The van der Waals surface area contributed by atoms with Gasteiger partial charge in [0.2, 0.25) is 0 Å².